The molecule has 1 atom stereocenters. The molecule has 0 amide bonds. The van der Waals surface area contributed by atoms with E-state index in [1.807, 2.05) is 0 Å². The third-order valence-electron chi connectivity index (χ3n) is 4.69. The smallest absolute Gasteiger partial charge is 0.243 e. The second-order valence-electron chi connectivity index (χ2n) is 6.47. The number of hydrogen-bond acceptors (Lipinski definition) is 8. The highest BCUT2D eigenvalue weighted by molar-refractivity contribution is 7.89. The Labute approximate surface area is 168 Å². The average Bonchev–Trinajstić information content (AvgIpc) is 3.26. The highest BCUT2D eigenvalue weighted by Crippen LogP contribution is 2.36. The Balaban J connectivity index is 1.60. The van der Waals surface area contributed by atoms with Crippen molar-refractivity contribution in [1.82, 2.24) is 24.2 Å². The Kier molecular flexibility index (Phi) is 5.36. The summed E-state index contributed by atoms with van der Waals surface area (Å²) < 4.78 is 33.0. The van der Waals surface area contributed by atoms with Gasteiger partial charge < -0.3 is 10.1 Å². The molecule has 9 nitrogen and oxygen atoms in total. The number of nitrogens with one attached hydrogen (secondary N) is 1. The molecule has 0 radical (unpaired) electrons. The molecule has 10 heteroatoms. The summed E-state index contributed by atoms with van der Waals surface area (Å²) >= 11 is 0. The predicted molar refractivity (Wildman–Crippen MR) is 106 cm³/mol. The number of ether oxygens (including phenoxy) is 1. The van der Waals surface area contributed by atoms with Gasteiger partial charge in [0.15, 0.2) is 5.82 Å². The number of aromatic nitrogens is 4. The van der Waals surface area contributed by atoms with Crippen LogP contribution < -0.4 is 10.1 Å². The van der Waals surface area contributed by atoms with Crippen molar-refractivity contribution in [3.05, 3.63) is 60.8 Å². The highest BCUT2D eigenvalue weighted by atomic mass is 32.2. The number of hydrogen-bond donors (Lipinski definition) is 1. The Morgan fingerprint density at radius 1 is 1.10 bits per heavy atom. The van der Waals surface area contributed by atoms with Gasteiger partial charge in [0.1, 0.15) is 5.75 Å². The molecule has 0 saturated carbocycles. The summed E-state index contributed by atoms with van der Waals surface area (Å²) in [5, 5.41) is 2.99. The summed E-state index contributed by atoms with van der Waals surface area (Å²) in [6, 6.07) is 7.80. The maximum Gasteiger partial charge on any atom is 0.243 e. The van der Waals surface area contributed by atoms with Gasteiger partial charge in [0, 0.05) is 25.1 Å². The van der Waals surface area contributed by atoms with Crippen LogP contribution >= 0.6 is 0 Å². The largest absolute Gasteiger partial charge is 0.497 e. The van der Waals surface area contributed by atoms with E-state index < -0.39 is 10.0 Å². The minimum absolute atomic E-state index is 0.233. The molecular weight excluding hydrogens is 392 g/mol. The number of methoxy groups -OCH3 is 1. The van der Waals surface area contributed by atoms with Crippen LogP contribution in [0.5, 0.6) is 5.75 Å². The van der Waals surface area contributed by atoms with Gasteiger partial charge in [-0.15, -0.1) is 0 Å². The molecule has 0 aliphatic carbocycles. The highest BCUT2D eigenvalue weighted by Gasteiger charge is 2.37. The summed E-state index contributed by atoms with van der Waals surface area (Å²) in [5.41, 5.74) is 0.640. The van der Waals surface area contributed by atoms with Gasteiger partial charge in [-0.3, -0.25) is 4.98 Å². The molecule has 1 aromatic carbocycles. The zero-order valence-electron chi connectivity index (χ0n) is 15.8. The first-order chi connectivity index (χ1) is 14.1. The Morgan fingerprint density at radius 3 is 2.66 bits per heavy atom. The molecule has 3 aromatic rings. The molecular formula is C19H20N6O3S. The third kappa shape index (κ3) is 4.03. The van der Waals surface area contributed by atoms with Crippen molar-refractivity contribution in [2.24, 2.45) is 0 Å². The quantitative estimate of drug-likeness (QED) is 0.658. The Bertz CT molecular complexity index is 1080. The van der Waals surface area contributed by atoms with Gasteiger partial charge >= 0.3 is 0 Å². The fourth-order valence-electron chi connectivity index (χ4n) is 3.30. The van der Waals surface area contributed by atoms with E-state index in [4.69, 9.17) is 4.74 Å². The lowest BCUT2D eigenvalue weighted by Crippen LogP contribution is -2.31. The molecule has 4 rings (SSSR count). The number of nitrogens with zero attached hydrogens (tertiary/aromatic N) is 5. The summed E-state index contributed by atoms with van der Waals surface area (Å²) in [7, 11) is -2.11. The van der Waals surface area contributed by atoms with Crippen LogP contribution in [0.3, 0.4) is 0 Å². The van der Waals surface area contributed by atoms with E-state index >= 15 is 0 Å². The zero-order chi connectivity index (χ0) is 20.3. The molecule has 0 spiro atoms. The molecule has 1 aliphatic rings. The molecule has 29 heavy (non-hydrogen) atoms. The van der Waals surface area contributed by atoms with Gasteiger partial charge in [-0.1, -0.05) is 0 Å². The van der Waals surface area contributed by atoms with Crippen LogP contribution in [0.15, 0.2) is 60.0 Å². The maximum absolute atomic E-state index is 13.2. The van der Waals surface area contributed by atoms with E-state index in [1.54, 1.807) is 62.2 Å². The Morgan fingerprint density at radius 2 is 1.93 bits per heavy atom. The second-order valence-corrected chi connectivity index (χ2v) is 8.36. The van der Waals surface area contributed by atoms with Gasteiger partial charge in [0.2, 0.25) is 16.0 Å². The monoisotopic (exact) mass is 412 g/mol. The van der Waals surface area contributed by atoms with E-state index in [0.717, 1.165) is 6.42 Å². The third-order valence-corrected chi connectivity index (χ3v) is 6.61. The first-order valence-electron chi connectivity index (χ1n) is 9.10. The fourth-order valence-corrected chi connectivity index (χ4v) is 4.97. The van der Waals surface area contributed by atoms with E-state index in [9.17, 15) is 8.42 Å². The van der Waals surface area contributed by atoms with Crippen molar-refractivity contribution in [2.75, 3.05) is 19.0 Å². The molecule has 1 unspecified atom stereocenters. The predicted octanol–water partition coefficient (Wildman–Crippen LogP) is 2.54. The van der Waals surface area contributed by atoms with Crippen molar-refractivity contribution in [3.63, 3.8) is 0 Å². The first-order valence-corrected chi connectivity index (χ1v) is 10.5. The van der Waals surface area contributed by atoms with Gasteiger partial charge in [-0.05, 0) is 43.2 Å². The first kappa shape index (κ1) is 19.2. The van der Waals surface area contributed by atoms with Crippen LogP contribution in [-0.4, -0.2) is 46.3 Å². The maximum atomic E-state index is 13.2. The van der Waals surface area contributed by atoms with Gasteiger partial charge in [0.05, 0.1) is 29.9 Å². The van der Waals surface area contributed by atoms with Crippen molar-refractivity contribution in [1.29, 1.82) is 0 Å². The standard InChI is InChI=1S/C19H20N6O3S/c1-28-14-4-6-15(7-5-14)29(26,27)25-12-2-3-17(25)16-8-9-22-19(23-16)24-18-13-20-10-11-21-18/h4-11,13,17H,2-3,12H2,1H3,(H,21,22,23,24). The van der Waals surface area contributed by atoms with E-state index in [0.29, 0.717) is 36.2 Å². The fraction of sp³-hybridized carbons (Fsp3) is 0.263. The van der Waals surface area contributed by atoms with Crippen molar-refractivity contribution < 1.29 is 13.2 Å². The van der Waals surface area contributed by atoms with E-state index in [-0.39, 0.29) is 10.9 Å². The molecule has 1 fully saturated rings. The zero-order valence-corrected chi connectivity index (χ0v) is 16.6. The Hall–Kier alpha value is -3.11. The van der Waals surface area contributed by atoms with Crippen molar-refractivity contribution in [2.45, 2.75) is 23.8 Å². The molecule has 1 saturated heterocycles. The van der Waals surface area contributed by atoms with Crippen LogP contribution in [0.2, 0.25) is 0 Å². The number of sulfonamides is 1. The lowest BCUT2D eigenvalue weighted by molar-refractivity contribution is 0.390. The van der Waals surface area contributed by atoms with Crippen LogP contribution in [0.4, 0.5) is 11.8 Å². The lowest BCUT2D eigenvalue weighted by atomic mass is 10.1. The number of anilines is 2. The van der Waals surface area contributed by atoms with Crippen LogP contribution in [0.1, 0.15) is 24.6 Å². The van der Waals surface area contributed by atoms with E-state index in [1.165, 1.54) is 4.31 Å². The van der Waals surface area contributed by atoms with Crippen molar-refractivity contribution in [3.8, 4) is 5.75 Å². The van der Waals surface area contributed by atoms with Gasteiger partial charge in [-0.2, -0.15) is 4.31 Å². The summed E-state index contributed by atoms with van der Waals surface area (Å²) in [6.45, 7) is 0.440. The van der Waals surface area contributed by atoms with Crippen LogP contribution in [0.25, 0.3) is 0 Å². The van der Waals surface area contributed by atoms with E-state index in [2.05, 4.69) is 25.3 Å². The molecule has 3 heterocycles. The second kappa shape index (κ2) is 8.10. The summed E-state index contributed by atoms with van der Waals surface area (Å²) in [4.78, 5) is 17.1. The van der Waals surface area contributed by atoms with Crippen LogP contribution in [-0.2, 0) is 10.0 Å². The topological polar surface area (TPSA) is 110 Å². The average molecular weight is 412 g/mol. The normalized spacial score (nSPS) is 17.2. The van der Waals surface area contributed by atoms with Gasteiger partial charge in [0.25, 0.3) is 0 Å². The molecule has 2 aromatic heterocycles. The number of benzene rings is 1. The van der Waals surface area contributed by atoms with Crippen LogP contribution in [0, 0.1) is 0 Å². The minimum Gasteiger partial charge on any atom is -0.497 e. The molecule has 1 N–H and O–H groups in total. The lowest BCUT2D eigenvalue weighted by Gasteiger charge is -2.24. The summed E-state index contributed by atoms with van der Waals surface area (Å²) in [5.74, 6) is 1.47. The summed E-state index contributed by atoms with van der Waals surface area (Å²) in [6.07, 6.45) is 7.76. The SMILES string of the molecule is COc1ccc(S(=O)(=O)N2CCCC2c2ccnc(Nc3cnccn3)n2)cc1. The van der Waals surface area contributed by atoms with Crippen molar-refractivity contribution >= 4 is 21.8 Å². The molecule has 0 bridgehead atoms. The van der Waals surface area contributed by atoms with Gasteiger partial charge in [-0.25, -0.2) is 23.4 Å². The minimum atomic E-state index is -3.66. The molecule has 150 valence electrons. The molecule has 1 aliphatic heterocycles. The number of rotatable bonds is 6.